The number of amides is 1. The molecule has 48 heavy (non-hydrogen) atoms. The van der Waals surface area contributed by atoms with Gasteiger partial charge in [0.05, 0.1) is 30.5 Å². The van der Waals surface area contributed by atoms with E-state index in [1.54, 1.807) is 43.3 Å². The van der Waals surface area contributed by atoms with Crippen molar-refractivity contribution in [3.8, 4) is 11.5 Å². The van der Waals surface area contributed by atoms with Crippen LogP contribution >= 0.6 is 23.1 Å². The average molecular weight is 688 g/mol. The lowest BCUT2D eigenvalue weighted by molar-refractivity contribution is -0.132. The van der Waals surface area contributed by atoms with Crippen molar-refractivity contribution >= 4 is 51.3 Å². The number of ether oxygens (including phenoxy) is 2. The van der Waals surface area contributed by atoms with E-state index in [-0.39, 0.29) is 22.2 Å². The molecule has 1 amide bonds. The van der Waals surface area contributed by atoms with Gasteiger partial charge in [0, 0.05) is 11.9 Å². The summed E-state index contributed by atoms with van der Waals surface area (Å²) in [6.45, 7) is 8.47. The maximum atomic E-state index is 14.3. The van der Waals surface area contributed by atoms with Gasteiger partial charge in [-0.05, 0) is 68.1 Å². The van der Waals surface area contributed by atoms with Crippen LogP contribution in [-0.2, 0) is 15.3 Å². The number of thioether (sulfide) groups is 1. The van der Waals surface area contributed by atoms with E-state index in [9.17, 15) is 19.1 Å². The molecule has 10 nitrogen and oxygen atoms in total. The molecule has 4 heterocycles. The molecule has 0 spiro atoms. The third-order valence-electron chi connectivity index (χ3n) is 8.00. The second kappa shape index (κ2) is 14.2. The van der Waals surface area contributed by atoms with Crippen molar-refractivity contribution in [2.24, 2.45) is 0 Å². The Kier molecular flexibility index (Phi) is 9.78. The molecule has 1 aliphatic rings. The first-order chi connectivity index (χ1) is 23.2. The van der Waals surface area contributed by atoms with Crippen LogP contribution in [0.5, 0.6) is 11.5 Å². The largest absolute Gasteiger partial charge is 0.505 e. The molecule has 0 radical (unpaired) electrons. The van der Waals surface area contributed by atoms with Crippen LogP contribution in [0, 0.1) is 19.7 Å². The van der Waals surface area contributed by atoms with E-state index in [0.717, 1.165) is 29.7 Å². The number of ketones is 1. The summed E-state index contributed by atoms with van der Waals surface area (Å²) in [5.41, 5.74) is 3.16. The molecule has 6 rings (SSSR count). The molecule has 1 saturated heterocycles. The summed E-state index contributed by atoms with van der Waals surface area (Å²) in [5, 5.41) is 20.5. The van der Waals surface area contributed by atoms with Crippen LogP contribution < -0.4 is 14.4 Å². The van der Waals surface area contributed by atoms with Gasteiger partial charge in [0.2, 0.25) is 5.13 Å². The van der Waals surface area contributed by atoms with Crippen molar-refractivity contribution in [3.63, 3.8) is 0 Å². The highest BCUT2D eigenvalue weighted by molar-refractivity contribution is 8.00. The Labute approximate surface area is 285 Å². The van der Waals surface area contributed by atoms with Crippen LogP contribution in [0.3, 0.4) is 0 Å². The highest BCUT2D eigenvalue weighted by Gasteiger charge is 2.49. The standard InChI is InChI=1S/C35H34FN5O5S2/c1-5-7-17-46-25-15-14-22(18-26(25)45-6-2)29-27(30(42)28-21(4)40-16-10-11-20(3)32(40)37-28)31(43)33(44)41(29)34-38-39-35(48-34)47-19-23-12-8-9-13-24(23)36/h8-16,18,29,42H,5-7,17,19H2,1-4H3. The summed E-state index contributed by atoms with van der Waals surface area (Å²) < 4.78 is 28.5. The minimum Gasteiger partial charge on any atom is -0.505 e. The van der Waals surface area contributed by atoms with E-state index in [1.165, 1.54) is 22.7 Å². The molecule has 1 fully saturated rings. The van der Waals surface area contributed by atoms with Gasteiger partial charge in [-0.1, -0.05) is 66.8 Å². The second-order valence-electron chi connectivity index (χ2n) is 11.2. The van der Waals surface area contributed by atoms with E-state index in [4.69, 9.17) is 9.47 Å². The topological polar surface area (TPSA) is 119 Å². The number of halogens is 1. The van der Waals surface area contributed by atoms with E-state index >= 15 is 0 Å². The highest BCUT2D eigenvalue weighted by Crippen LogP contribution is 2.46. The number of anilines is 1. The Balaban J connectivity index is 1.46. The van der Waals surface area contributed by atoms with Crippen molar-refractivity contribution < 1.29 is 28.6 Å². The number of hydrogen-bond acceptors (Lipinski definition) is 10. The number of benzene rings is 2. The molecular weight excluding hydrogens is 654 g/mol. The number of unbranched alkanes of at least 4 members (excludes halogenated alkanes) is 1. The number of aryl methyl sites for hydroxylation is 2. The smallest absolute Gasteiger partial charge is 0.301 e. The monoisotopic (exact) mass is 687 g/mol. The Bertz CT molecular complexity index is 2040. The summed E-state index contributed by atoms with van der Waals surface area (Å²) in [7, 11) is 0. The van der Waals surface area contributed by atoms with E-state index in [0.29, 0.717) is 57.3 Å². The zero-order valence-corrected chi connectivity index (χ0v) is 28.5. The maximum absolute atomic E-state index is 14.3. The van der Waals surface area contributed by atoms with Gasteiger partial charge >= 0.3 is 5.91 Å². The molecule has 13 heteroatoms. The van der Waals surface area contributed by atoms with Gasteiger partial charge in [0.1, 0.15) is 17.2 Å². The molecule has 1 atom stereocenters. The molecule has 0 saturated carbocycles. The van der Waals surface area contributed by atoms with Gasteiger partial charge in [-0.2, -0.15) is 0 Å². The number of hydrogen-bond donors (Lipinski definition) is 1. The van der Waals surface area contributed by atoms with Crippen LogP contribution in [0.25, 0.3) is 11.4 Å². The lowest BCUT2D eigenvalue weighted by atomic mass is 9.96. The molecule has 248 valence electrons. The van der Waals surface area contributed by atoms with Gasteiger partial charge in [-0.15, -0.1) is 10.2 Å². The third-order valence-corrected chi connectivity index (χ3v) is 10.1. The number of nitrogens with zero attached hydrogens (tertiary/aromatic N) is 5. The Morgan fingerprint density at radius 1 is 1.04 bits per heavy atom. The van der Waals surface area contributed by atoms with Gasteiger partial charge < -0.3 is 19.0 Å². The number of carbonyl (C=O) groups excluding carboxylic acids is 2. The van der Waals surface area contributed by atoms with Gasteiger partial charge in [0.25, 0.3) is 5.78 Å². The number of aromatic nitrogens is 4. The van der Waals surface area contributed by atoms with Crippen LogP contribution in [-0.4, -0.2) is 49.6 Å². The van der Waals surface area contributed by atoms with Crippen molar-refractivity contribution in [1.82, 2.24) is 19.6 Å². The molecule has 1 aliphatic heterocycles. The van der Waals surface area contributed by atoms with Crippen LogP contribution in [0.1, 0.15) is 60.8 Å². The van der Waals surface area contributed by atoms with Crippen molar-refractivity contribution in [2.45, 2.75) is 56.7 Å². The van der Waals surface area contributed by atoms with Crippen molar-refractivity contribution in [3.05, 3.63) is 100 Å². The first kappa shape index (κ1) is 33.2. The fourth-order valence-electron chi connectivity index (χ4n) is 5.54. The fraction of sp³-hybridized carbons (Fsp3) is 0.286. The zero-order valence-electron chi connectivity index (χ0n) is 26.9. The molecule has 0 bridgehead atoms. The molecule has 5 aromatic rings. The lowest BCUT2D eigenvalue weighted by Gasteiger charge is -2.23. The third kappa shape index (κ3) is 6.27. The van der Waals surface area contributed by atoms with Crippen molar-refractivity contribution in [1.29, 1.82) is 0 Å². The lowest BCUT2D eigenvalue weighted by Crippen LogP contribution is -2.29. The van der Waals surface area contributed by atoms with Gasteiger partial charge in [-0.3, -0.25) is 14.5 Å². The highest BCUT2D eigenvalue weighted by atomic mass is 32.2. The molecular formula is C35H34FN5O5S2. The Morgan fingerprint density at radius 2 is 1.85 bits per heavy atom. The number of rotatable bonds is 12. The predicted octanol–water partition coefficient (Wildman–Crippen LogP) is 7.44. The van der Waals surface area contributed by atoms with Crippen LogP contribution in [0.2, 0.25) is 0 Å². The summed E-state index contributed by atoms with van der Waals surface area (Å²) in [4.78, 5) is 33.7. The Hall–Kier alpha value is -4.75. The van der Waals surface area contributed by atoms with Crippen molar-refractivity contribution in [2.75, 3.05) is 18.1 Å². The van der Waals surface area contributed by atoms with Crippen LogP contribution in [0.15, 0.2) is 70.7 Å². The minimum atomic E-state index is -1.09. The van der Waals surface area contributed by atoms with Gasteiger partial charge in [0.15, 0.2) is 21.6 Å². The zero-order chi connectivity index (χ0) is 33.9. The van der Waals surface area contributed by atoms with Gasteiger partial charge in [-0.25, -0.2) is 9.37 Å². The summed E-state index contributed by atoms with van der Waals surface area (Å²) in [5.74, 6) is -1.22. The molecule has 3 aromatic heterocycles. The summed E-state index contributed by atoms with van der Waals surface area (Å²) >= 11 is 2.37. The molecule has 2 aromatic carbocycles. The van der Waals surface area contributed by atoms with Crippen LogP contribution in [0.4, 0.5) is 9.52 Å². The number of carbonyl (C=O) groups is 2. The minimum absolute atomic E-state index is 0.137. The number of fused-ring (bicyclic) bond motifs is 1. The number of imidazole rings is 1. The Morgan fingerprint density at radius 3 is 2.60 bits per heavy atom. The number of aliphatic hydroxyl groups is 1. The van der Waals surface area contributed by atoms with E-state index in [1.807, 2.05) is 36.6 Å². The SMILES string of the molecule is CCCCOc1ccc(C2C(=C(O)c3nc4c(C)cccn4c3C)C(=O)C(=O)N2c2nnc(SCc3ccccc3F)s2)cc1OCC. The normalized spacial score (nSPS) is 15.9. The van der Waals surface area contributed by atoms with E-state index in [2.05, 4.69) is 22.1 Å². The first-order valence-electron chi connectivity index (χ1n) is 15.6. The maximum Gasteiger partial charge on any atom is 0.301 e. The summed E-state index contributed by atoms with van der Waals surface area (Å²) in [6, 6.07) is 14.4. The number of aliphatic hydroxyl groups excluding tert-OH is 1. The summed E-state index contributed by atoms with van der Waals surface area (Å²) in [6.07, 6.45) is 3.64. The fourth-order valence-corrected chi connectivity index (χ4v) is 7.40. The molecule has 1 unspecified atom stereocenters. The second-order valence-corrected chi connectivity index (χ2v) is 13.3. The molecule has 1 N–H and O–H groups in total. The van der Waals surface area contributed by atoms with E-state index < -0.39 is 23.5 Å². The number of pyridine rings is 1. The first-order valence-corrected chi connectivity index (χ1v) is 17.4. The molecule has 0 aliphatic carbocycles. The number of Topliss-reactive ketones (excluding diaryl/α,β-unsaturated/α-hetero) is 1. The average Bonchev–Trinajstić information content (AvgIpc) is 3.76. The quantitative estimate of drug-likeness (QED) is 0.0357. The predicted molar refractivity (Wildman–Crippen MR) is 183 cm³/mol.